The summed E-state index contributed by atoms with van der Waals surface area (Å²) in [6.45, 7) is 4.05. The van der Waals surface area contributed by atoms with Gasteiger partial charge >= 0.3 is 6.18 Å². The first-order valence-electron chi connectivity index (χ1n) is 25.8. The summed E-state index contributed by atoms with van der Waals surface area (Å²) in [5.74, 6) is 0.356. The van der Waals surface area contributed by atoms with Gasteiger partial charge in [0.25, 0.3) is 11.8 Å². The average Bonchev–Trinajstić information content (AvgIpc) is 3.94. The lowest BCUT2D eigenvalue weighted by atomic mass is 10.0. The van der Waals surface area contributed by atoms with Crippen LogP contribution in [0.5, 0.6) is 23.0 Å². The number of ether oxygens (including phenoxy) is 4. The molecule has 4 aliphatic heterocycles. The van der Waals surface area contributed by atoms with Crippen LogP contribution in [0.4, 0.5) is 41.6 Å². The molecule has 0 bridgehead atoms. The molecule has 0 fully saturated rings. The van der Waals surface area contributed by atoms with Gasteiger partial charge in [0.2, 0.25) is 11.8 Å². The summed E-state index contributed by atoms with van der Waals surface area (Å²) in [6, 6.07) is 27.5. The summed E-state index contributed by atoms with van der Waals surface area (Å²) in [7, 11) is 4.63. The Morgan fingerprint density at radius 1 is 0.740 bits per heavy atom. The second kappa shape index (κ2) is 24.1. The number of carbonyl (C=O) groups is 4. The van der Waals surface area contributed by atoms with E-state index in [2.05, 4.69) is 33.4 Å². The smallest absolute Gasteiger partial charge is 0.403 e. The summed E-state index contributed by atoms with van der Waals surface area (Å²) in [5.41, 5.74) is 9.88. The topological polar surface area (TPSA) is 172 Å². The third-order valence-electron chi connectivity index (χ3n) is 14.1. The monoisotopic (exact) mass is 1090 g/mol. The number of halogens is 3. The highest BCUT2D eigenvalue weighted by atomic mass is 33.1. The van der Waals surface area contributed by atoms with Gasteiger partial charge in [0.15, 0.2) is 23.0 Å². The van der Waals surface area contributed by atoms with Crippen LogP contribution in [0.3, 0.4) is 0 Å². The standard InChI is InChI=1S/C57H62F3N7O8S2/c1-5-6-11-20-63-65-53(69)17-12-21-76-77-56(2,57(58,59)60)19-18-52(68)64-39-23-35(33-74-50-29-44-42(27-48(50)72-3)54(70)66-40(31-61-44)25-37-13-7-9-15-46(37)66)22-36(24-39)34-75-51-30-45-43(28-49(51)73-4)55(71)67-41(32-62-45)26-38-14-8-10-16-47(38)67/h7-10,13-16,20,22-24,27-30,40-41,61-62H,5-6,11-12,17-19,21,25-26,31-34H2,1-4H3,(H,64,68)(H,65,69)/b63-20+/t40-,41?,56-/m0/s1. The van der Waals surface area contributed by atoms with E-state index < -0.39 is 29.7 Å². The fraction of sp³-hybridized carbons (Fsp3) is 0.386. The maximum Gasteiger partial charge on any atom is 0.403 e. The summed E-state index contributed by atoms with van der Waals surface area (Å²) in [4.78, 5) is 57.7. The zero-order chi connectivity index (χ0) is 54.3. The van der Waals surface area contributed by atoms with E-state index in [-0.39, 0.29) is 55.2 Å². The van der Waals surface area contributed by atoms with Gasteiger partial charge < -0.3 is 44.7 Å². The van der Waals surface area contributed by atoms with E-state index in [9.17, 15) is 32.3 Å². The Balaban J connectivity index is 0.915. The Bertz CT molecular complexity index is 2900. The van der Waals surface area contributed by atoms with Gasteiger partial charge in [-0.1, -0.05) is 71.3 Å². The molecular formula is C57H62F3N7O8S2. The molecule has 20 heteroatoms. The molecule has 4 aliphatic rings. The molecule has 0 aliphatic carbocycles. The molecule has 406 valence electrons. The van der Waals surface area contributed by atoms with Crippen LogP contribution >= 0.6 is 21.6 Å². The average molecular weight is 1090 g/mol. The van der Waals surface area contributed by atoms with E-state index in [1.807, 2.05) is 64.4 Å². The number of nitrogens with zero attached hydrogens (tertiary/aromatic N) is 3. The number of carbonyl (C=O) groups excluding carboxylic acids is 4. The van der Waals surface area contributed by atoms with Crippen LogP contribution in [0.25, 0.3) is 0 Å². The highest BCUT2D eigenvalue weighted by Crippen LogP contribution is 2.50. The van der Waals surface area contributed by atoms with Gasteiger partial charge in [0.05, 0.1) is 48.8 Å². The minimum Gasteiger partial charge on any atom is -0.493 e. The SMILES string of the molecule is CCCC/C=N/NC(=O)CCCSS[C@@](C)(CCC(=O)Nc1cc(COc2cc3c(cc2OC)C(=O)N2c4ccccc4CC2CN3)cc(COc2cc3c(cc2OC)C(=O)N2c4ccccc4C[C@H]2CN3)c1)C(F)(F)F. The number of benzene rings is 5. The van der Waals surface area contributed by atoms with Crippen molar-refractivity contribution >= 4 is 79.9 Å². The largest absolute Gasteiger partial charge is 0.493 e. The Hall–Kier alpha value is -7.06. The molecule has 1 unspecified atom stereocenters. The zero-order valence-electron chi connectivity index (χ0n) is 43.3. The molecule has 4 heterocycles. The molecule has 5 aromatic rings. The lowest BCUT2D eigenvalue weighted by Crippen LogP contribution is -2.39. The number of rotatable bonds is 22. The lowest BCUT2D eigenvalue weighted by molar-refractivity contribution is -0.156. The van der Waals surface area contributed by atoms with Crippen LogP contribution in [0, 0.1) is 0 Å². The number of hydrogen-bond donors (Lipinski definition) is 4. The van der Waals surface area contributed by atoms with Gasteiger partial charge in [-0.15, -0.1) is 0 Å². The third-order valence-corrected chi connectivity index (χ3v) is 17.4. The number of fused-ring (bicyclic) bond motifs is 8. The maximum absolute atomic E-state index is 14.7. The van der Waals surface area contributed by atoms with Crippen molar-refractivity contribution in [2.24, 2.45) is 5.10 Å². The predicted molar refractivity (Wildman–Crippen MR) is 297 cm³/mol. The summed E-state index contributed by atoms with van der Waals surface area (Å²) in [5, 5.41) is 13.6. The molecule has 0 saturated heterocycles. The Labute approximate surface area is 453 Å². The van der Waals surface area contributed by atoms with E-state index in [1.54, 1.807) is 42.6 Å². The molecule has 0 spiro atoms. The van der Waals surface area contributed by atoms with Gasteiger partial charge in [-0.3, -0.25) is 19.2 Å². The molecule has 5 aromatic carbocycles. The predicted octanol–water partition coefficient (Wildman–Crippen LogP) is 11.3. The van der Waals surface area contributed by atoms with Crippen molar-refractivity contribution in [2.45, 2.75) is 108 Å². The zero-order valence-corrected chi connectivity index (χ0v) is 45.0. The van der Waals surface area contributed by atoms with Gasteiger partial charge in [-0.05, 0) is 110 Å². The first-order chi connectivity index (χ1) is 37.2. The molecule has 77 heavy (non-hydrogen) atoms. The summed E-state index contributed by atoms with van der Waals surface area (Å²) < 4.78 is 66.1. The van der Waals surface area contributed by atoms with E-state index in [0.29, 0.717) is 105 Å². The number of unbranched alkanes of at least 4 members (excludes halogenated alkanes) is 2. The third kappa shape index (κ3) is 12.4. The molecule has 0 aromatic heterocycles. The number of hydrazone groups is 1. The summed E-state index contributed by atoms with van der Waals surface area (Å²) in [6.07, 6.45) is 0.631. The van der Waals surface area contributed by atoms with Crippen LogP contribution in [0.15, 0.2) is 96.1 Å². The van der Waals surface area contributed by atoms with Crippen LogP contribution in [-0.4, -0.2) is 85.9 Å². The van der Waals surface area contributed by atoms with Crippen molar-refractivity contribution < 1.29 is 51.3 Å². The van der Waals surface area contributed by atoms with E-state index >= 15 is 0 Å². The fourth-order valence-corrected chi connectivity index (χ4v) is 12.8. The van der Waals surface area contributed by atoms with Gasteiger partial charge in [-0.25, -0.2) is 5.43 Å². The molecule has 0 saturated carbocycles. The van der Waals surface area contributed by atoms with Gasteiger partial charge in [-0.2, -0.15) is 18.3 Å². The molecule has 4 N–H and O–H groups in total. The highest BCUT2D eigenvalue weighted by molar-refractivity contribution is 8.77. The minimum atomic E-state index is -4.64. The van der Waals surface area contributed by atoms with Crippen molar-refractivity contribution in [3.05, 3.63) is 124 Å². The minimum absolute atomic E-state index is 0.0508. The molecule has 15 nitrogen and oxygen atoms in total. The number of anilines is 5. The van der Waals surface area contributed by atoms with Crippen molar-refractivity contribution in [3.63, 3.8) is 0 Å². The van der Waals surface area contributed by atoms with Gasteiger partial charge in [0.1, 0.15) is 18.0 Å². The Morgan fingerprint density at radius 3 is 1.81 bits per heavy atom. The number of amides is 4. The Kier molecular flexibility index (Phi) is 17.1. The van der Waals surface area contributed by atoms with Crippen molar-refractivity contribution in [3.8, 4) is 23.0 Å². The fourth-order valence-electron chi connectivity index (χ4n) is 9.95. The van der Waals surface area contributed by atoms with E-state index in [1.165, 1.54) is 14.2 Å². The highest BCUT2D eigenvalue weighted by Gasteiger charge is 2.52. The van der Waals surface area contributed by atoms with Crippen LogP contribution in [0.2, 0.25) is 0 Å². The van der Waals surface area contributed by atoms with Gasteiger partial charge in [0, 0.05) is 67.1 Å². The molecule has 9 rings (SSSR count). The first kappa shape index (κ1) is 54.7. The second-order valence-electron chi connectivity index (χ2n) is 19.6. The van der Waals surface area contributed by atoms with E-state index in [4.69, 9.17) is 18.9 Å². The normalized spacial score (nSPS) is 17.0. The van der Waals surface area contributed by atoms with Crippen LogP contribution in [-0.2, 0) is 35.6 Å². The quantitative estimate of drug-likeness (QED) is 0.0224. The molecule has 3 atom stereocenters. The number of nitrogens with one attached hydrogen (secondary N) is 4. The van der Waals surface area contributed by atoms with Crippen LogP contribution < -0.4 is 50.1 Å². The number of hydrogen-bond acceptors (Lipinski definition) is 13. The van der Waals surface area contributed by atoms with Crippen molar-refractivity contribution in [1.29, 1.82) is 0 Å². The maximum atomic E-state index is 14.7. The molecular weight excluding hydrogens is 1030 g/mol. The summed E-state index contributed by atoms with van der Waals surface area (Å²) >= 11 is 0. The first-order valence-corrected chi connectivity index (χ1v) is 28.1. The lowest BCUT2D eigenvalue weighted by Gasteiger charge is -2.30. The van der Waals surface area contributed by atoms with Crippen LogP contribution in [0.1, 0.15) is 102 Å². The van der Waals surface area contributed by atoms with E-state index in [0.717, 1.165) is 59.5 Å². The molecule has 0 radical (unpaired) electrons. The number of alkyl halides is 3. The Morgan fingerprint density at radius 2 is 1.29 bits per heavy atom. The number of para-hydroxylation sites is 2. The second-order valence-corrected chi connectivity index (χ2v) is 22.5. The van der Waals surface area contributed by atoms with Crippen molar-refractivity contribution in [2.75, 3.05) is 58.8 Å². The molecule has 4 amide bonds. The number of methoxy groups -OCH3 is 2. The van der Waals surface area contributed by atoms with Crippen molar-refractivity contribution in [1.82, 2.24) is 5.43 Å².